The molecule has 1 aliphatic carbocycles. The third kappa shape index (κ3) is 5.93. The van der Waals surface area contributed by atoms with Gasteiger partial charge in [0.05, 0.1) is 0 Å². The van der Waals surface area contributed by atoms with Gasteiger partial charge in [-0.1, -0.05) is 218 Å². The summed E-state index contributed by atoms with van der Waals surface area (Å²) in [5, 5.41) is 12.0. The van der Waals surface area contributed by atoms with E-state index in [1.165, 1.54) is 124 Å². The van der Waals surface area contributed by atoms with Crippen LogP contribution in [0.3, 0.4) is 0 Å². The van der Waals surface area contributed by atoms with Crippen molar-refractivity contribution < 1.29 is 0 Å². The molecule has 1 heterocycles. The second-order valence-electron chi connectivity index (χ2n) is 16.7. The van der Waals surface area contributed by atoms with E-state index in [1.54, 1.807) is 0 Å². The van der Waals surface area contributed by atoms with E-state index in [2.05, 4.69) is 237 Å². The van der Waals surface area contributed by atoms with Crippen LogP contribution in [0.4, 0.5) is 0 Å². The van der Waals surface area contributed by atoms with Crippen LogP contribution in [0, 0.1) is 0 Å². The van der Waals surface area contributed by atoms with Crippen LogP contribution in [0.2, 0.25) is 0 Å². The summed E-state index contributed by atoms with van der Waals surface area (Å²) in [5.41, 5.74) is 15.4. The molecule has 0 saturated carbocycles. The number of hydrogen-bond acceptors (Lipinski definition) is 1. The van der Waals surface area contributed by atoms with E-state index in [0.717, 1.165) is 0 Å². The van der Waals surface area contributed by atoms with Crippen LogP contribution in [-0.4, -0.2) is 0 Å². The summed E-state index contributed by atoms with van der Waals surface area (Å²) >= 11 is 1.93. The third-order valence-corrected chi connectivity index (χ3v) is 16.7. The van der Waals surface area contributed by atoms with Gasteiger partial charge in [0.25, 0.3) is 0 Å². The van der Waals surface area contributed by atoms with Crippen LogP contribution in [-0.2, 0) is 0 Å². The van der Waals surface area contributed by atoms with Gasteiger partial charge in [0, 0.05) is 20.2 Å². The van der Waals surface area contributed by atoms with Crippen LogP contribution < -0.4 is 15.9 Å². The fourth-order valence-electron chi connectivity index (χ4n) is 10.4. The van der Waals surface area contributed by atoms with Gasteiger partial charge in [-0.3, -0.25) is 0 Å². The van der Waals surface area contributed by atoms with Crippen molar-refractivity contribution in [3.05, 3.63) is 237 Å². The Balaban J connectivity index is 1.04. The molecule has 0 atom stereocenters. The predicted octanol–water partition coefficient (Wildman–Crippen LogP) is 16.4. The van der Waals surface area contributed by atoms with E-state index in [9.17, 15) is 0 Å². The van der Waals surface area contributed by atoms with E-state index >= 15 is 0 Å². The number of benzene rings is 11. The van der Waals surface area contributed by atoms with E-state index in [0.29, 0.717) is 0 Å². The first kappa shape index (κ1) is 37.2. The number of rotatable bonds is 7. The molecule has 12 aromatic rings. The minimum Gasteiger partial charge on any atom is -0.135 e. The monoisotopic (exact) mass is 846 g/mol. The quantitative estimate of drug-likeness (QED) is 0.140. The maximum absolute atomic E-state index is 2.53. The van der Waals surface area contributed by atoms with Crippen molar-refractivity contribution in [2.75, 3.05) is 0 Å². The summed E-state index contributed by atoms with van der Waals surface area (Å²) in [7, 11) is -0.873. The van der Waals surface area contributed by atoms with Crippen molar-refractivity contribution in [3.8, 4) is 66.8 Å². The summed E-state index contributed by atoms with van der Waals surface area (Å²) in [6, 6.07) is 88.1. The highest BCUT2D eigenvalue weighted by Gasteiger charge is 2.32. The van der Waals surface area contributed by atoms with Gasteiger partial charge in [0.2, 0.25) is 0 Å². The van der Waals surface area contributed by atoms with E-state index in [4.69, 9.17) is 0 Å². The molecule has 1 aromatic heterocycles. The van der Waals surface area contributed by atoms with Crippen LogP contribution in [0.5, 0.6) is 0 Å². The molecule has 0 amide bonds. The van der Waals surface area contributed by atoms with Crippen molar-refractivity contribution in [2.45, 2.75) is 0 Å². The zero-order valence-corrected chi connectivity index (χ0v) is 36.6. The van der Waals surface area contributed by atoms with Gasteiger partial charge in [-0.15, -0.1) is 11.3 Å². The number of hydrogen-bond donors (Lipinski definition) is 0. The van der Waals surface area contributed by atoms with Gasteiger partial charge in [-0.25, -0.2) is 0 Å². The zero-order chi connectivity index (χ0) is 42.1. The summed E-state index contributed by atoms with van der Waals surface area (Å²) < 4.78 is 2.65. The maximum atomic E-state index is 2.53. The molecule has 0 N–H and O–H groups in total. The van der Waals surface area contributed by atoms with Crippen LogP contribution in [0.1, 0.15) is 0 Å². The van der Waals surface area contributed by atoms with Gasteiger partial charge < -0.3 is 0 Å². The van der Waals surface area contributed by atoms with Crippen molar-refractivity contribution in [1.29, 1.82) is 0 Å². The Kier molecular flexibility index (Phi) is 8.80. The topological polar surface area (TPSA) is 0 Å². The Labute approximate surface area is 378 Å². The summed E-state index contributed by atoms with van der Waals surface area (Å²) in [4.78, 5) is 0. The van der Waals surface area contributed by atoms with Crippen molar-refractivity contribution in [2.24, 2.45) is 0 Å². The molecule has 2 heteroatoms. The summed E-state index contributed by atoms with van der Waals surface area (Å²) in [5.74, 6) is 0. The lowest BCUT2D eigenvalue weighted by molar-refractivity contribution is 1.62. The van der Waals surface area contributed by atoms with Crippen molar-refractivity contribution in [1.82, 2.24) is 0 Å². The second kappa shape index (κ2) is 15.1. The molecule has 1 aliphatic rings. The Morgan fingerprint density at radius 2 is 0.688 bits per heavy atom. The standard InChI is InChI=1S/C62H39PS/c1-5-16-40(17-6-1)42-28-32-46(33-29-42)63(47-34-30-43(31-35-47)41-18-7-2-8-19-41)48-36-37-55-53(38-48)60-51-26-15-27-52-59(51)54(39-56(60)64-55)62-58(45-22-11-4-12-23-45)50-25-14-13-24-49(50)57(61(52)62)44-20-9-3-10-21-44/h1-39H. The molecule has 11 aromatic carbocycles. The van der Waals surface area contributed by atoms with Crippen LogP contribution >= 0.6 is 19.3 Å². The van der Waals surface area contributed by atoms with E-state index in [1.807, 2.05) is 11.3 Å². The molecular weight excluding hydrogens is 808 g/mol. The van der Waals surface area contributed by atoms with Gasteiger partial charge in [-0.05, 0) is 130 Å². The van der Waals surface area contributed by atoms with E-state index < -0.39 is 7.92 Å². The molecule has 0 radical (unpaired) electrons. The maximum Gasteiger partial charge on any atom is 0.0368 e. The first-order valence-corrected chi connectivity index (χ1v) is 24.2. The molecule has 0 nitrogen and oxygen atoms in total. The normalized spacial score (nSPS) is 11.9. The van der Waals surface area contributed by atoms with Gasteiger partial charge >= 0.3 is 0 Å². The molecule has 0 unspecified atom stereocenters. The molecular formula is C62H39PS. The lowest BCUT2D eigenvalue weighted by atomic mass is 9.82. The summed E-state index contributed by atoms with van der Waals surface area (Å²) in [6.45, 7) is 0. The highest BCUT2D eigenvalue weighted by atomic mass is 32.1. The molecule has 0 spiro atoms. The molecule has 64 heavy (non-hydrogen) atoms. The second-order valence-corrected chi connectivity index (χ2v) is 20.1. The average molecular weight is 847 g/mol. The highest BCUT2D eigenvalue weighted by molar-refractivity contribution is 7.79. The lowest BCUT2D eigenvalue weighted by Crippen LogP contribution is -2.20. The molecule has 0 fully saturated rings. The fourth-order valence-corrected chi connectivity index (χ4v) is 13.8. The van der Waals surface area contributed by atoms with E-state index in [-0.39, 0.29) is 0 Å². The Morgan fingerprint density at radius 3 is 1.22 bits per heavy atom. The molecule has 0 saturated heterocycles. The molecule has 0 aliphatic heterocycles. The predicted molar refractivity (Wildman–Crippen MR) is 279 cm³/mol. The Morgan fingerprint density at radius 1 is 0.250 bits per heavy atom. The number of fused-ring (bicyclic) bond motifs is 8. The lowest BCUT2D eigenvalue weighted by Gasteiger charge is -2.20. The van der Waals surface area contributed by atoms with Crippen LogP contribution in [0.25, 0.3) is 108 Å². The van der Waals surface area contributed by atoms with Gasteiger partial charge in [0.1, 0.15) is 0 Å². The van der Waals surface area contributed by atoms with Gasteiger partial charge in [0.15, 0.2) is 0 Å². The first-order chi connectivity index (χ1) is 31.8. The first-order valence-electron chi connectivity index (χ1n) is 22.0. The Bertz CT molecular complexity index is 3640. The molecule has 13 rings (SSSR count). The minimum atomic E-state index is -0.873. The SMILES string of the molecule is c1ccc(-c2ccc(P(c3ccc(-c4ccccc4)cc3)c3ccc4sc5cc6c7c(cccc7c5c4c3)-c3c-6c(-c4ccccc4)c4ccccc4c3-c3ccccc3)cc2)cc1. The highest BCUT2D eigenvalue weighted by Crippen LogP contribution is 2.59. The molecule has 298 valence electrons. The third-order valence-electron chi connectivity index (χ3n) is 13.2. The average Bonchev–Trinajstić information content (AvgIpc) is 3.91. The van der Waals surface area contributed by atoms with Gasteiger partial charge in [-0.2, -0.15) is 0 Å². The zero-order valence-electron chi connectivity index (χ0n) is 34.9. The molecule has 0 bridgehead atoms. The number of thiophene rings is 1. The fraction of sp³-hybridized carbons (Fsp3) is 0. The largest absolute Gasteiger partial charge is 0.135 e. The van der Waals surface area contributed by atoms with Crippen molar-refractivity contribution in [3.63, 3.8) is 0 Å². The van der Waals surface area contributed by atoms with Crippen molar-refractivity contribution >= 4 is 76.9 Å². The smallest absolute Gasteiger partial charge is 0.0368 e. The minimum absolute atomic E-state index is 0.873. The van der Waals surface area contributed by atoms with Crippen LogP contribution in [0.15, 0.2) is 237 Å². The Hall–Kier alpha value is -7.41. The summed E-state index contributed by atoms with van der Waals surface area (Å²) in [6.07, 6.45) is 0.